The quantitative estimate of drug-likeness (QED) is 0.878. The maximum atomic E-state index is 12.7. The smallest absolute Gasteiger partial charge is 0.256 e. The molecule has 0 unspecified atom stereocenters. The zero-order chi connectivity index (χ0) is 17.3. The molecule has 124 valence electrons. The van der Waals surface area contributed by atoms with Crippen LogP contribution in [0.15, 0.2) is 42.5 Å². The van der Waals surface area contributed by atoms with E-state index in [1.54, 1.807) is 31.4 Å². The highest BCUT2D eigenvalue weighted by Crippen LogP contribution is 2.27. The molecule has 3 rings (SSSR count). The van der Waals surface area contributed by atoms with E-state index in [-0.39, 0.29) is 18.2 Å². The minimum atomic E-state index is -0.541. The Hall–Kier alpha value is -2.82. The lowest BCUT2D eigenvalue weighted by molar-refractivity contribution is -0.121. The highest BCUT2D eigenvalue weighted by Gasteiger charge is 2.39. The molecule has 1 saturated heterocycles. The molecule has 0 aliphatic carbocycles. The summed E-state index contributed by atoms with van der Waals surface area (Å²) in [6, 6.07) is 12.3. The first-order chi connectivity index (χ1) is 11.5. The van der Waals surface area contributed by atoms with Crippen LogP contribution in [0.4, 0.5) is 11.4 Å². The Morgan fingerprint density at radius 2 is 1.79 bits per heavy atom. The molecule has 5 nitrogen and oxygen atoms in total. The first kappa shape index (κ1) is 16.1. The molecule has 24 heavy (non-hydrogen) atoms. The van der Waals surface area contributed by atoms with Crippen LogP contribution in [-0.4, -0.2) is 25.0 Å². The summed E-state index contributed by atoms with van der Waals surface area (Å²) in [7, 11) is 1.57. The lowest BCUT2D eigenvalue weighted by Crippen LogP contribution is -2.34. The summed E-state index contributed by atoms with van der Waals surface area (Å²) in [5, 5.41) is 3.20. The van der Waals surface area contributed by atoms with Crippen LogP contribution < -0.4 is 15.0 Å². The number of imide groups is 1. The standard InChI is InChI=1S/C19H20N2O3/c1-12-4-9-16(13(2)10-12)20-17-11-18(22)21(19(17)23)14-5-7-15(24-3)8-6-14/h4-10,17,20H,11H2,1-3H3/t17-/m1/s1. The minimum absolute atomic E-state index is 0.151. The predicted molar refractivity (Wildman–Crippen MR) is 93.4 cm³/mol. The van der Waals surface area contributed by atoms with Gasteiger partial charge in [-0.2, -0.15) is 0 Å². The molecule has 0 bridgehead atoms. The average Bonchev–Trinajstić information content (AvgIpc) is 2.84. The Morgan fingerprint density at radius 3 is 2.42 bits per heavy atom. The maximum Gasteiger partial charge on any atom is 0.256 e. The third-order valence-electron chi connectivity index (χ3n) is 4.19. The lowest BCUT2D eigenvalue weighted by atomic mass is 10.1. The Labute approximate surface area is 141 Å². The number of carbonyl (C=O) groups is 2. The SMILES string of the molecule is COc1ccc(N2C(=O)C[C@@H](Nc3ccc(C)cc3C)C2=O)cc1. The Kier molecular flexibility index (Phi) is 4.25. The molecular weight excluding hydrogens is 304 g/mol. The number of aryl methyl sites for hydroxylation is 2. The molecule has 0 saturated carbocycles. The molecule has 2 aromatic rings. The summed E-state index contributed by atoms with van der Waals surface area (Å²) < 4.78 is 5.11. The number of rotatable bonds is 4. The van der Waals surface area contributed by atoms with Gasteiger partial charge in [-0.15, -0.1) is 0 Å². The van der Waals surface area contributed by atoms with Crippen molar-refractivity contribution in [1.29, 1.82) is 0 Å². The van der Waals surface area contributed by atoms with Crippen molar-refractivity contribution in [3.63, 3.8) is 0 Å². The highest BCUT2D eigenvalue weighted by atomic mass is 16.5. The molecular formula is C19H20N2O3. The number of hydrogen-bond acceptors (Lipinski definition) is 4. The van der Waals surface area contributed by atoms with Crippen molar-refractivity contribution >= 4 is 23.2 Å². The summed E-state index contributed by atoms with van der Waals surface area (Å²) in [6.45, 7) is 4.00. The van der Waals surface area contributed by atoms with Gasteiger partial charge in [-0.25, -0.2) is 4.90 Å². The molecule has 5 heteroatoms. The Morgan fingerprint density at radius 1 is 1.08 bits per heavy atom. The fourth-order valence-electron chi connectivity index (χ4n) is 2.91. The molecule has 1 aliphatic heterocycles. The number of amides is 2. The summed E-state index contributed by atoms with van der Waals surface area (Å²) in [4.78, 5) is 26.2. The van der Waals surface area contributed by atoms with Crippen LogP contribution in [0.5, 0.6) is 5.75 Å². The number of benzene rings is 2. The van der Waals surface area contributed by atoms with E-state index in [2.05, 4.69) is 5.32 Å². The van der Waals surface area contributed by atoms with Gasteiger partial charge in [0.2, 0.25) is 5.91 Å². The number of ether oxygens (including phenoxy) is 1. The van der Waals surface area contributed by atoms with Gasteiger partial charge in [0, 0.05) is 5.69 Å². The normalized spacial score (nSPS) is 17.3. The fourth-order valence-corrected chi connectivity index (χ4v) is 2.91. The summed E-state index contributed by atoms with van der Waals surface area (Å²) in [5.41, 5.74) is 3.66. The molecule has 1 aliphatic rings. The lowest BCUT2D eigenvalue weighted by Gasteiger charge is -2.17. The van der Waals surface area contributed by atoms with E-state index in [0.29, 0.717) is 11.4 Å². The Bertz CT molecular complexity index is 784. The van der Waals surface area contributed by atoms with Gasteiger partial charge < -0.3 is 10.1 Å². The zero-order valence-corrected chi connectivity index (χ0v) is 14.0. The third kappa shape index (κ3) is 2.97. The molecule has 1 heterocycles. The minimum Gasteiger partial charge on any atom is -0.497 e. The molecule has 0 aromatic heterocycles. The Balaban J connectivity index is 1.80. The summed E-state index contributed by atoms with van der Waals surface area (Å²) in [5.74, 6) is 0.250. The molecule has 0 radical (unpaired) electrons. The van der Waals surface area contributed by atoms with Crippen LogP contribution in [0, 0.1) is 13.8 Å². The number of methoxy groups -OCH3 is 1. The zero-order valence-electron chi connectivity index (χ0n) is 14.0. The number of anilines is 2. The summed E-state index contributed by atoms with van der Waals surface area (Å²) in [6.07, 6.45) is 0.151. The second-order valence-electron chi connectivity index (χ2n) is 5.98. The van der Waals surface area contributed by atoms with Crippen molar-refractivity contribution in [2.45, 2.75) is 26.3 Å². The van der Waals surface area contributed by atoms with E-state index in [0.717, 1.165) is 16.8 Å². The van der Waals surface area contributed by atoms with Crippen molar-refractivity contribution in [3.8, 4) is 5.75 Å². The monoisotopic (exact) mass is 324 g/mol. The third-order valence-corrected chi connectivity index (χ3v) is 4.19. The van der Waals surface area contributed by atoms with Crippen molar-refractivity contribution in [1.82, 2.24) is 0 Å². The van der Waals surface area contributed by atoms with Crippen LogP contribution in [0.25, 0.3) is 0 Å². The van der Waals surface area contributed by atoms with Gasteiger partial charge >= 0.3 is 0 Å². The van der Waals surface area contributed by atoms with Crippen molar-refractivity contribution in [3.05, 3.63) is 53.6 Å². The maximum absolute atomic E-state index is 12.7. The number of nitrogens with one attached hydrogen (secondary N) is 1. The molecule has 1 atom stereocenters. The number of nitrogens with zero attached hydrogens (tertiary/aromatic N) is 1. The molecule has 2 amide bonds. The molecule has 0 spiro atoms. The van der Waals surface area contributed by atoms with Crippen molar-refractivity contribution < 1.29 is 14.3 Å². The molecule has 2 aromatic carbocycles. The first-order valence-corrected chi connectivity index (χ1v) is 7.84. The fraction of sp³-hybridized carbons (Fsp3) is 0.263. The number of carbonyl (C=O) groups excluding carboxylic acids is 2. The van der Waals surface area contributed by atoms with Crippen LogP contribution in [0.3, 0.4) is 0 Å². The van der Waals surface area contributed by atoms with Gasteiger partial charge in [-0.1, -0.05) is 17.7 Å². The van der Waals surface area contributed by atoms with Gasteiger partial charge in [0.25, 0.3) is 5.91 Å². The highest BCUT2D eigenvalue weighted by molar-refractivity contribution is 6.23. The topological polar surface area (TPSA) is 58.6 Å². The van der Waals surface area contributed by atoms with Crippen LogP contribution in [0.2, 0.25) is 0 Å². The summed E-state index contributed by atoms with van der Waals surface area (Å²) >= 11 is 0. The van der Waals surface area contributed by atoms with Gasteiger partial charge in [0.15, 0.2) is 0 Å². The van der Waals surface area contributed by atoms with Gasteiger partial charge in [0.1, 0.15) is 11.8 Å². The predicted octanol–water partition coefficient (Wildman–Crippen LogP) is 3.06. The van der Waals surface area contributed by atoms with E-state index in [4.69, 9.17) is 4.74 Å². The number of hydrogen-bond donors (Lipinski definition) is 1. The van der Waals surface area contributed by atoms with E-state index < -0.39 is 6.04 Å². The van der Waals surface area contributed by atoms with E-state index in [9.17, 15) is 9.59 Å². The van der Waals surface area contributed by atoms with Gasteiger partial charge in [0.05, 0.1) is 19.2 Å². The van der Waals surface area contributed by atoms with Crippen LogP contribution in [0.1, 0.15) is 17.5 Å². The van der Waals surface area contributed by atoms with Crippen LogP contribution >= 0.6 is 0 Å². The second-order valence-corrected chi connectivity index (χ2v) is 5.98. The van der Waals surface area contributed by atoms with Gasteiger partial charge in [-0.05, 0) is 49.7 Å². The van der Waals surface area contributed by atoms with Crippen molar-refractivity contribution in [2.24, 2.45) is 0 Å². The second kappa shape index (κ2) is 6.35. The van der Waals surface area contributed by atoms with E-state index >= 15 is 0 Å². The largest absolute Gasteiger partial charge is 0.497 e. The van der Waals surface area contributed by atoms with Crippen LogP contribution in [-0.2, 0) is 9.59 Å². The molecule has 1 N–H and O–H groups in total. The van der Waals surface area contributed by atoms with Crippen molar-refractivity contribution in [2.75, 3.05) is 17.3 Å². The van der Waals surface area contributed by atoms with E-state index in [1.165, 1.54) is 4.90 Å². The average molecular weight is 324 g/mol. The first-order valence-electron chi connectivity index (χ1n) is 7.84. The van der Waals surface area contributed by atoms with E-state index in [1.807, 2.05) is 32.0 Å². The van der Waals surface area contributed by atoms with Gasteiger partial charge in [-0.3, -0.25) is 9.59 Å². The molecule has 1 fully saturated rings.